The first-order valence-corrected chi connectivity index (χ1v) is 19.1. The number of imidazole rings is 2. The summed E-state index contributed by atoms with van der Waals surface area (Å²) in [5, 5.41) is 3.99. The average molecular weight is 723 g/mol. The molecule has 0 saturated carbocycles. The summed E-state index contributed by atoms with van der Waals surface area (Å²) < 4.78 is 7.04. The summed E-state index contributed by atoms with van der Waals surface area (Å²) >= 11 is 0. The van der Waals surface area contributed by atoms with Crippen molar-refractivity contribution in [2.45, 2.75) is 88.9 Å². The van der Waals surface area contributed by atoms with Crippen LogP contribution >= 0.6 is 0 Å². The SMILES string of the molecule is COC(=O)N[C@H]1CCc2ccn3c2C1C(=O)C[C@H](c1ncc(-c2ccc(-c4ccc5cc(-c6c[nH]c([C@@H]7CCCN7C(C)(C)C)n6)ccc5n4)cc2)[nH]1)C3. The summed E-state index contributed by atoms with van der Waals surface area (Å²) in [5.41, 5.74) is 9.10. The second kappa shape index (κ2) is 13.4. The Bertz CT molecular complexity index is 2360. The van der Waals surface area contributed by atoms with Gasteiger partial charge in [-0.3, -0.25) is 9.69 Å². The van der Waals surface area contributed by atoms with E-state index < -0.39 is 12.0 Å². The Morgan fingerprint density at radius 1 is 0.944 bits per heavy atom. The average Bonchev–Trinajstić information content (AvgIpc) is 4.00. The van der Waals surface area contributed by atoms with Gasteiger partial charge in [0.05, 0.1) is 47.9 Å². The largest absolute Gasteiger partial charge is 0.453 e. The lowest BCUT2D eigenvalue weighted by atomic mass is 9.79. The number of hydrogen-bond donors (Lipinski definition) is 3. The highest BCUT2D eigenvalue weighted by Gasteiger charge is 2.42. The van der Waals surface area contributed by atoms with Gasteiger partial charge in [-0.15, -0.1) is 0 Å². The molecule has 2 aliphatic heterocycles. The minimum absolute atomic E-state index is 0.105. The Morgan fingerprint density at radius 3 is 2.57 bits per heavy atom. The molecule has 1 fully saturated rings. The van der Waals surface area contributed by atoms with Gasteiger partial charge in [0.1, 0.15) is 17.4 Å². The van der Waals surface area contributed by atoms with Gasteiger partial charge >= 0.3 is 6.09 Å². The number of ether oxygens (including phenoxy) is 1. The predicted octanol–water partition coefficient (Wildman–Crippen LogP) is 7.93. The van der Waals surface area contributed by atoms with Crippen molar-refractivity contribution in [2.24, 2.45) is 0 Å². The number of rotatable bonds is 6. The molecule has 11 nitrogen and oxygen atoms in total. The number of nitrogens with zero attached hydrogens (tertiary/aromatic N) is 5. The van der Waals surface area contributed by atoms with E-state index in [4.69, 9.17) is 19.7 Å². The fourth-order valence-electron chi connectivity index (χ4n) is 9.01. The van der Waals surface area contributed by atoms with Crippen molar-refractivity contribution in [3.63, 3.8) is 0 Å². The van der Waals surface area contributed by atoms with Crippen molar-refractivity contribution in [1.29, 1.82) is 0 Å². The highest BCUT2D eigenvalue weighted by molar-refractivity contribution is 5.89. The maximum absolute atomic E-state index is 13.8. The van der Waals surface area contributed by atoms with Gasteiger partial charge < -0.3 is 24.6 Å². The predicted molar refractivity (Wildman–Crippen MR) is 208 cm³/mol. The third-order valence-corrected chi connectivity index (χ3v) is 11.7. The van der Waals surface area contributed by atoms with Crippen LogP contribution < -0.4 is 5.32 Å². The maximum Gasteiger partial charge on any atom is 0.407 e. The minimum atomic E-state index is -0.506. The summed E-state index contributed by atoms with van der Waals surface area (Å²) in [6, 6.07) is 21.0. The molecule has 3 N–H and O–H groups in total. The number of H-pyrrole nitrogens is 2. The second-order valence-electron chi connectivity index (χ2n) is 16.1. The molecule has 6 heterocycles. The van der Waals surface area contributed by atoms with Crippen molar-refractivity contribution in [3.05, 3.63) is 102 Å². The quantitative estimate of drug-likeness (QED) is 0.159. The minimum Gasteiger partial charge on any atom is -0.453 e. The highest BCUT2D eigenvalue weighted by Crippen LogP contribution is 2.41. The zero-order valence-corrected chi connectivity index (χ0v) is 31.2. The van der Waals surface area contributed by atoms with Crippen LogP contribution in [-0.2, 0) is 22.5 Å². The van der Waals surface area contributed by atoms with Crippen LogP contribution in [0.2, 0.25) is 0 Å². The van der Waals surface area contributed by atoms with E-state index in [1.807, 2.05) is 12.4 Å². The molecule has 3 aliphatic rings. The molecule has 1 amide bonds. The summed E-state index contributed by atoms with van der Waals surface area (Å²) in [6.07, 6.45) is 9.61. The fourth-order valence-corrected chi connectivity index (χ4v) is 9.01. The van der Waals surface area contributed by atoms with Gasteiger partial charge in [-0.1, -0.05) is 36.4 Å². The van der Waals surface area contributed by atoms with Gasteiger partial charge in [-0.05, 0) is 88.4 Å². The number of carbonyl (C=O) groups excluding carboxylic acids is 2. The summed E-state index contributed by atoms with van der Waals surface area (Å²) in [4.78, 5) is 50.3. The molecule has 54 heavy (non-hydrogen) atoms. The van der Waals surface area contributed by atoms with E-state index in [0.29, 0.717) is 25.4 Å². The first kappa shape index (κ1) is 34.2. The number of likely N-dealkylation sites (tertiary alicyclic amines) is 1. The number of carbonyl (C=O) groups is 2. The number of alkyl carbamates (subject to hydrolysis) is 1. The molecular weight excluding hydrogens is 677 g/mol. The molecule has 0 bridgehead atoms. The molecular formula is C43H46N8O3. The molecule has 2 aromatic carbocycles. The lowest BCUT2D eigenvalue weighted by Crippen LogP contribution is -2.44. The Kier molecular flexibility index (Phi) is 8.49. The maximum atomic E-state index is 13.8. The van der Waals surface area contributed by atoms with Gasteiger partial charge in [0, 0.05) is 65.1 Å². The zero-order chi connectivity index (χ0) is 37.1. The summed E-state index contributed by atoms with van der Waals surface area (Å²) in [5.74, 6) is 1.43. The van der Waals surface area contributed by atoms with Crippen molar-refractivity contribution < 1.29 is 14.3 Å². The molecule has 0 radical (unpaired) electrons. The van der Waals surface area contributed by atoms with Crippen LogP contribution in [0.1, 0.15) is 87.2 Å². The number of Topliss-reactive ketones (excluding diaryl/α,β-unsaturated/α-hetero) is 1. The second-order valence-corrected chi connectivity index (χ2v) is 16.1. The van der Waals surface area contributed by atoms with Gasteiger partial charge in [0.15, 0.2) is 0 Å². The highest BCUT2D eigenvalue weighted by atomic mass is 16.5. The number of aromatic amines is 2. The normalized spacial score (nSPS) is 21.6. The van der Waals surface area contributed by atoms with E-state index >= 15 is 0 Å². The van der Waals surface area contributed by atoms with Crippen molar-refractivity contribution in [3.8, 4) is 33.8 Å². The first-order valence-electron chi connectivity index (χ1n) is 19.1. The van der Waals surface area contributed by atoms with Crippen LogP contribution in [0, 0.1) is 0 Å². The molecule has 4 atom stereocenters. The van der Waals surface area contributed by atoms with Gasteiger partial charge in [-0.25, -0.2) is 19.7 Å². The van der Waals surface area contributed by atoms with Crippen LogP contribution in [-0.4, -0.2) is 71.5 Å². The number of methoxy groups -OCH3 is 1. The van der Waals surface area contributed by atoms with Gasteiger partial charge in [0.25, 0.3) is 0 Å². The molecule has 276 valence electrons. The molecule has 1 unspecified atom stereocenters. The number of nitrogens with one attached hydrogen (secondary N) is 3. The standard InChI is InChI=1S/C43H46N8O3/c1-43(2,3)51-18-5-6-36(51)41-45-23-35(48-41)29-13-15-32-28(20-29)12-14-31(46-32)25-7-9-26(10-8-25)34-22-44-40(47-34)30-21-37(52)38-33(49-42(53)54-4)16-11-27-17-19-50(24-30)39(27)38/h7-10,12-15,17,19-20,22-23,30,33,36,38H,5-6,11,16,18,21,24H2,1-4H3,(H,44,47)(H,45,48)(H,49,53)/t30-,33-,36-,38?/m0/s1. The number of fused-ring (bicyclic) bond motifs is 1. The van der Waals surface area contributed by atoms with Crippen molar-refractivity contribution in [2.75, 3.05) is 13.7 Å². The Hall–Kier alpha value is -5.55. The zero-order valence-electron chi connectivity index (χ0n) is 31.2. The van der Waals surface area contributed by atoms with E-state index in [0.717, 1.165) is 81.4 Å². The van der Waals surface area contributed by atoms with Crippen LogP contribution in [0.15, 0.2) is 79.3 Å². The van der Waals surface area contributed by atoms with Crippen LogP contribution in [0.25, 0.3) is 44.7 Å². The monoisotopic (exact) mass is 722 g/mol. The third kappa shape index (κ3) is 6.20. The van der Waals surface area contributed by atoms with Crippen molar-refractivity contribution >= 4 is 22.8 Å². The van der Waals surface area contributed by atoms with Crippen LogP contribution in [0.5, 0.6) is 0 Å². The third-order valence-electron chi connectivity index (χ3n) is 11.7. The Morgan fingerprint density at radius 2 is 1.76 bits per heavy atom. The van der Waals surface area contributed by atoms with Crippen LogP contribution in [0.3, 0.4) is 0 Å². The van der Waals surface area contributed by atoms with Gasteiger partial charge in [0.2, 0.25) is 0 Å². The number of aromatic nitrogens is 6. The smallest absolute Gasteiger partial charge is 0.407 e. The topological polar surface area (TPSA) is 134 Å². The lowest BCUT2D eigenvalue weighted by Gasteiger charge is -2.36. The summed E-state index contributed by atoms with van der Waals surface area (Å²) in [6.45, 7) is 8.58. The number of pyridine rings is 1. The van der Waals surface area contributed by atoms with Crippen molar-refractivity contribution in [1.82, 2.24) is 39.7 Å². The van der Waals surface area contributed by atoms with E-state index in [9.17, 15) is 9.59 Å². The molecule has 1 aliphatic carbocycles. The van der Waals surface area contributed by atoms with E-state index in [2.05, 4.69) is 112 Å². The number of hydrogen-bond acceptors (Lipinski definition) is 7. The summed E-state index contributed by atoms with van der Waals surface area (Å²) in [7, 11) is 1.35. The molecule has 11 heteroatoms. The molecule has 1 saturated heterocycles. The Balaban J connectivity index is 0.902. The molecule has 0 spiro atoms. The van der Waals surface area contributed by atoms with E-state index in [1.54, 1.807) is 0 Å². The molecule has 6 aromatic rings. The van der Waals surface area contributed by atoms with E-state index in [1.165, 1.54) is 19.1 Å². The number of ketones is 1. The van der Waals surface area contributed by atoms with Gasteiger partial charge in [-0.2, -0.15) is 0 Å². The fraction of sp³-hybridized carbons (Fsp3) is 0.372. The molecule has 4 aromatic heterocycles. The van der Waals surface area contributed by atoms with Crippen LogP contribution in [0.4, 0.5) is 4.79 Å². The number of benzene rings is 2. The van der Waals surface area contributed by atoms with E-state index in [-0.39, 0.29) is 23.3 Å². The number of amides is 1. The number of aryl methyl sites for hydroxylation is 1. The Labute approximate surface area is 314 Å². The first-order chi connectivity index (χ1) is 26.1. The molecule has 9 rings (SSSR count). The lowest BCUT2D eigenvalue weighted by molar-refractivity contribution is -0.121.